The highest BCUT2D eigenvalue weighted by molar-refractivity contribution is 5.74. The molecule has 0 saturated carbocycles. The molecule has 1 aromatic carbocycles. The molecular formula is C8H9O+. The molecule has 1 nitrogen and oxygen atoms in total. The van der Waals surface area contributed by atoms with Crippen molar-refractivity contribution in [3.8, 4) is 0 Å². The zero-order valence-electron chi connectivity index (χ0n) is 5.37. The van der Waals surface area contributed by atoms with Gasteiger partial charge in [0.05, 0.1) is 5.56 Å². The molecule has 0 aromatic heterocycles. The second kappa shape index (κ2) is 3.02. The third-order valence-electron chi connectivity index (χ3n) is 1.05. The predicted octanol–water partition coefficient (Wildman–Crippen LogP) is 1.66. The average Bonchev–Trinajstić information content (AvgIpc) is 1.91. The van der Waals surface area contributed by atoms with Gasteiger partial charge in [-0.15, -0.1) is 0 Å². The zero-order valence-corrected chi connectivity index (χ0v) is 5.37. The van der Waals surface area contributed by atoms with E-state index in [0.29, 0.717) is 0 Å². The fourth-order valence-electron chi connectivity index (χ4n) is 0.668. The summed E-state index contributed by atoms with van der Waals surface area (Å²) in [7, 11) is 1.65. The first-order chi connectivity index (χ1) is 4.43. The number of hydrogen-bond donors (Lipinski definition) is 0. The van der Waals surface area contributed by atoms with Crippen LogP contribution in [-0.4, -0.2) is 13.4 Å². The van der Waals surface area contributed by atoms with E-state index in [2.05, 4.69) is 0 Å². The largest absolute Gasteiger partial charge is 0.315 e. The fraction of sp³-hybridized carbons (Fsp3) is 0.125. The Hall–Kier alpha value is -1.11. The first kappa shape index (κ1) is 6.02. The molecule has 1 aromatic rings. The van der Waals surface area contributed by atoms with E-state index in [-0.39, 0.29) is 0 Å². The van der Waals surface area contributed by atoms with E-state index >= 15 is 0 Å². The minimum absolute atomic E-state index is 1.10. The summed E-state index contributed by atoms with van der Waals surface area (Å²) in [6.45, 7) is 0. The average molecular weight is 121 g/mol. The van der Waals surface area contributed by atoms with Gasteiger partial charge in [-0.3, -0.25) is 4.42 Å². The molecule has 0 atom stereocenters. The normalized spacial score (nSPS) is 10.3. The standard InChI is InChI=1S/C8H9O/c1-9-7-8-5-3-2-4-6-8/h2-7H,1H3/q+1. The molecule has 0 spiro atoms. The summed E-state index contributed by atoms with van der Waals surface area (Å²) in [4.78, 5) is 0. The van der Waals surface area contributed by atoms with Crippen LogP contribution >= 0.6 is 0 Å². The van der Waals surface area contributed by atoms with E-state index in [0.717, 1.165) is 5.56 Å². The van der Waals surface area contributed by atoms with Gasteiger partial charge in [0, 0.05) is 0 Å². The molecule has 0 fully saturated rings. The van der Waals surface area contributed by atoms with Crippen LogP contribution in [0.15, 0.2) is 30.3 Å². The molecule has 0 aliphatic carbocycles. The van der Waals surface area contributed by atoms with Gasteiger partial charge in [0.25, 0.3) is 7.11 Å². The van der Waals surface area contributed by atoms with Gasteiger partial charge >= 0.3 is 6.29 Å². The van der Waals surface area contributed by atoms with Crippen LogP contribution in [0.3, 0.4) is 0 Å². The molecule has 0 N–H and O–H groups in total. The van der Waals surface area contributed by atoms with Gasteiger partial charge in [-0.1, -0.05) is 18.2 Å². The van der Waals surface area contributed by atoms with Crippen molar-refractivity contribution in [3.05, 3.63) is 35.9 Å². The molecule has 0 aliphatic heterocycles. The van der Waals surface area contributed by atoms with Crippen LogP contribution < -0.4 is 0 Å². The van der Waals surface area contributed by atoms with Crippen molar-refractivity contribution in [2.45, 2.75) is 0 Å². The van der Waals surface area contributed by atoms with Crippen LogP contribution in [0.2, 0.25) is 0 Å². The number of rotatable bonds is 1. The van der Waals surface area contributed by atoms with Crippen LogP contribution in [0, 0.1) is 0 Å². The molecule has 0 radical (unpaired) electrons. The summed E-state index contributed by atoms with van der Waals surface area (Å²) in [5.41, 5.74) is 1.10. The Bertz CT molecular complexity index is 189. The molecule has 0 amide bonds. The van der Waals surface area contributed by atoms with Gasteiger partial charge in [-0.2, -0.15) is 0 Å². The molecule has 46 valence electrons. The maximum atomic E-state index is 4.80. The van der Waals surface area contributed by atoms with Crippen LogP contribution in [0.25, 0.3) is 0 Å². The van der Waals surface area contributed by atoms with Crippen molar-refractivity contribution >= 4 is 6.29 Å². The second-order valence-electron chi connectivity index (χ2n) is 1.76. The summed E-state index contributed by atoms with van der Waals surface area (Å²) < 4.78 is 4.80. The van der Waals surface area contributed by atoms with Crippen LogP contribution in [0.5, 0.6) is 0 Å². The SMILES string of the molecule is C[O+]=Cc1ccccc1. The second-order valence-corrected chi connectivity index (χ2v) is 1.76. The van der Waals surface area contributed by atoms with Gasteiger partial charge in [0.2, 0.25) is 0 Å². The summed E-state index contributed by atoms with van der Waals surface area (Å²) in [6, 6.07) is 9.91. The molecular weight excluding hydrogens is 112 g/mol. The minimum Gasteiger partial charge on any atom is -0.265 e. The Balaban J connectivity index is 2.85. The lowest BCUT2D eigenvalue weighted by molar-refractivity contribution is -0.217. The predicted molar refractivity (Wildman–Crippen MR) is 37.8 cm³/mol. The maximum absolute atomic E-state index is 4.80. The Morgan fingerprint density at radius 3 is 2.44 bits per heavy atom. The lowest BCUT2D eigenvalue weighted by Crippen LogP contribution is -1.76. The molecule has 0 bridgehead atoms. The third kappa shape index (κ3) is 1.68. The van der Waals surface area contributed by atoms with E-state index in [9.17, 15) is 0 Å². The van der Waals surface area contributed by atoms with Crippen molar-refractivity contribution < 1.29 is 4.42 Å². The summed E-state index contributed by atoms with van der Waals surface area (Å²) in [6.07, 6.45) is 1.71. The van der Waals surface area contributed by atoms with E-state index < -0.39 is 0 Å². The van der Waals surface area contributed by atoms with Crippen LogP contribution in [0.4, 0.5) is 0 Å². The van der Waals surface area contributed by atoms with Crippen LogP contribution in [0.1, 0.15) is 9.99 Å². The number of carbonyl (C=O) groups excluding carboxylic acids is 1. The molecule has 0 heterocycles. The van der Waals surface area contributed by atoms with Crippen molar-refractivity contribution in [2.75, 3.05) is 7.11 Å². The molecule has 9 heavy (non-hydrogen) atoms. The quantitative estimate of drug-likeness (QED) is 0.395. The van der Waals surface area contributed by atoms with Crippen LogP contribution in [-0.2, 0) is 0 Å². The summed E-state index contributed by atoms with van der Waals surface area (Å²) in [5.74, 6) is 0. The van der Waals surface area contributed by atoms with E-state index in [4.69, 9.17) is 4.42 Å². The monoisotopic (exact) mass is 121 g/mol. The van der Waals surface area contributed by atoms with Crippen molar-refractivity contribution in [2.24, 2.45) is 0 Å². The highest BCUT2D eigenvalue weighted by atomic mass is 16.4. The minimum atomic E-state index is 1.10. The lowest BCUT2D eigenvalue weighted by Gasteiger charge is -1.80. The van der Waals surface area contributed by atoms with Gasteiger partial charge in [-0.05, 0) is 12.1 Å². The molecule has 0 unspecified atom stereocenters. The maximum Gasteiger partial charge on any atom is 0.315 e. The fourth-order valence-corrected chi connectivity index (χ4v) is 0.668. The molecule has 0 aliphatic rings. The van der Waals surface area contributed by atoms with Gasteiger partial charge < -0.3 is 0 Å². The Morgan fingerprint density at radius 1 is 1.22 bits per heavy atom. The zero-order chi connectivity index (χ0) is 6.53. The van der Waals surface area contributed by atoms with Crippen molar-refractivity contribution in [3.63, 3.8) is 0 Å². The third-order valence-corrected chi connectivity index (χ3v) is 1.05. The highest BCUT2D eigenvalue weighted by Crippen LogP contribution is 1.92. The Kier molecular flexibility index (Phi) is 2.02. The number of aldehydes is 1. The smallest absolute Gasteiger partial charge is 0.265 e. The lowest BCUT2D eigenvalue weighted by atomic mass is 10.2. The van der Waals surface area contributed by atoms with E-state index in [1.54, 1.807) is 13.4 Å². The van der Waals surface area contributed by atoms with E-state index in [1.807, 2.05) is 30.3 Å². The highest BCUT2D eigenvalue weighted by Gasteiger charge is 1.87. The molecule has 0 saturated heterocycles. The number of benzene rings is 1. The number of hydrogen-bond acceptors (Lipinski definition) is 0. The van der Waals surface area contributed by atoms with Gasteiger partial charge in [0.1, 0.15) is 0 Å². The van der Waals surface area contributed by atoms with Crippen molar-refractivity contribution in [1.82, 2.24) is 0 Å². The molecule has 1 heteroatoms. The molecule has 1 rings (SSSR count). The van der Waals surface area contributed by atoms with Gasteiger partial charge in [0.15, 0.2) is 0 Å². The Labute approximate surface area is 54.6 Å². The van der Waals surface area contributed by atoms with Crippen molar-refractivity contribution in [1.29, 1.82) is 0 Å². The van der Waals surface area contributed by atoms with Gasteiger partial charge in [-0.25, -0.2) is 0 Å². The first-order valence-corrected chi connectivity index (χ1v) is 2.84. The van der Waals surface area contributed by atoms with E-state index in [1.165, 1.54) is 0 Å². The first-order valence-electron chi connectivity index (χ1n) is 2.84. The Morgan fingerprint density at radius 2 is 1.89 bits per heavy atom. The summed E-state index contributed by atoms with van der Waals surface area (Å²) in [5, 5.41) is 0. The summed E-state index contributed by atoms with van der Waals surface area (Å²) >= 11 is 0. The topological polar surface area (TPSA) is 11.3 Å².